The van der Waals surface area contributed by atoms with Crippen molar-refractivity contribution in [3.05, 3.63) is 60.4 Å². The third-order valence-corrected chi connectivity index (χ3v) is 5.01. The molecule has 0 atom stereocenters. The van der Waals surface area contributed by atoms with Gasteiger partial charge in [-0.25, -0.2) is 15.0 Å². The molecule has 1 saturated heterocycles. The van der Waals surface area contributed by atoms with Gasteiger partial charge >= 0.3 is 0 Å². The van der Waals surface area contributed by atoms with Crippen molar-refractivity contribution in [1.29, 1.82) is 0 Å². The molecule has 1 aliphatic rings. The van der Waals surface area contributed by atoms with Crippen LogP contribution in [0.25, 0.3) is 5.82 Å². The molecule has 29 heavy (non-hydrogen) atoms. The second kappa shape index (κ2) is 8.72. The van der Waals surface area contributed by atoms with E-state index in [-0.39, 0.29) is 5.91 Å². The summed E-state index contributed by atoms with van der Waals surface area (Å²) in [6.07, 6.45) is 8.48. The number of benzene rings is 1. The molecule has 1 aromatic carbocycles. The molecule has 0 spiro atoms. The van der Waals surface area contributed by atoms with Crippen molar-refractivity contribution in [3.63, 3.8) is 0 Å². The van der Waals surface area contributed by atoms with E-state index >= 15 is 0 Å². The van der Waals surface area contributed by atoms with Gasteiger partial charge in [0.15, 0.2) is 0 Å². The van der Waals surface area contributed by atoms with Gasteiger partial charge < -0.3 is 15.0 Å². The molecule has 1 fully saturated rings. The van der Waals surface area contributed by atoms with E-state index in [1.165, 1.54) is 19.3 Å². The molecule has 4 rings (SSSR count). The number of imidazole rings is 1. The molecule has 1 amide bonds. The fourth-order valence-electron chi connectivity index (χ4n) is 3.36. The summed E-state index contributed by atoms with van der Waals surface area (Å²) in [5, 5.41) is 2.88. The number of nitrogens with one attached hydrogen (secondary N) is 1. The summed E-state index contributed by atoms with van der Waals surface area (Å²) in [5.74, 6) is 2.16. The highest BCUT2D eigenvalue weighted by atomic mass is 16.5. The number of piperidine rings is 1. The Balaban J connectivity index is 1.41. The van der Waals surface area contributed by atoms with Crippen molar-refractivity contribution in [2.75, 3.05) is 25.1 Å². The Bertz CT molecular complexity index is 963. The highest BCUT2D eigenvalue weighted by Crippen LogP contribution is 2.19. The number of carbonyl (C=O) groups excluding carboxylic acids is 1. The second-order valence-corrected chi connectivity index (χ2v) is 6.98. The Morgan fingerprint density at radius 2 is 1.83 bits per heavy atom. The smallest absolute Gasteiger partial charge is 0.271 e. The molecule has 1 N–H and O–H groups in total. The van der Waals surface area contributed by atoms with Gasteiger partial charge in [-0.2, -0.15) is 0 Å². The topological polar surface area (TPSA) is 85.2 Å². The SMILES string of the molecule is COc1ccc(CNC(=O)c2cn(-c3cc(N4CCCCC4)ncn3)cn2)cc1. The number of anilines is 1. The first-order chi connectivity index (χ1) is 14.2. The standard InChI is InChI=1S/C21H24N6O2/c1-29-17-7-5-16(6-8-17)12-22-21(28)18-13-27(15-25-18)20-11-19(23-14-24-20)26-9-3-2-4-10-26/h5-8,11,13-15H,2-4,9-10,12H2,1H3,(H,22,28). The van der Waals surface area contributed by atoms with Crippen molar-refractivity contribution >= 4 is 11.7 Å². The summed E-state index contributed by atoms with van der Waals surface area (Å²) in [6, 6.07) is 9.50. The minimum atomic E-state index is -0.232. The number of rotatable bonds is 6. The summed E-state index contributed by atoms with van der Waals surface area (Å²) in [7, 11) is 1.63. The van der Waals surface area contributed by atoms with E-state index in [4.69, 9.17) is 4.74 Å². The molecule has 0 bridgehead atoms. The molecule has 3 aromatic rings. The van der Waals surface area contributed by atoms with Crippen LogP contribution in [0.15, 0.2) is 49.2 Å². The molecule has 0 unspecified atom stereocenters. The molecule has 1 aliphatic heterocycles. The number of amides is 1. The third kappa shape index (κ3) is 4.53. The average molecular weight is 392 g/mol. The van der Waals surface area contributed by atoms with Crippen molar-refractivity contribution in [2.45, 2.75) is 25.8 Å². The summed E-state index contributed by atoms with van der Waals surface area (Å²) in [4.78, 5) is 27.7. The van der Waals surface area contributed by atoms with Crippen LogP contribution in [0.2, 0.25) is 0 Å². The van der Waals surface area contributed by atoms with Crippen LogP contribution in [0, 0.1) is 0 Å². The lowest BCUT2D eigenvalue weighted by molar-refractivity contribution is 0.0946. The Morgan fingerprint density at radius 3 is 2.59 bits per heavy atom. The first kappa shape index (κ1) is 18.9. The molecule has 8 nitrogen and oxygen atoms in total. The molecule has 8 heteroatoms. The van der Waals surface area contributed by atoms with E-state index in [1.807, 2.05) is 30.3 Å². The number of nitrogens with zero attached hydrogens (tertiary/aromatic N) is 5. The highest BCUT2D eigenvalue weighted by Gasteiger charge is 2.14. The van der Waals surface area contributed by atoms with E-state index in [0.717, 1.165) is 30.2 Å². The van der Waals surface area contributed by atoms with E-state index in [0.29, 0.717) is 18.1 Å². The molecular weight excluding hydrogens is 368 g/mol. The number of ether oxygens (including phenoxy) is 1. The summed E-state index contributed by atoms with van der Waals surface area (Å²) < 4.78 is 6.89. The fraction of sp³-hybridized carbons (Fsp3) is 0.333. The number of carbonyl (C=O) groups is 1. The van der Waals surface area contributed by atoms with Gasteiger partial charge in [0.05, 0.1) is 7.11 Å². The number of hydrogen-bond acceptors (Lipinski definition) is 6. The van der Waals surface area contributed by atoms with Crippen LogP contribution in [-0.2, 0) is 6.54 Å². The summed E-state index contributed by atoms with van der Waals surface area (Å²) in [5.41, 5.74) is 1.33. The van der Waals surface area contributed by atoms with Crippen LogP contribution in [0.3, 0.4) is 0 Å². The molecule has 2 aromatic heterocycles. The Hall–Kier alpha value is -3.42. The first-order valence-corrected chi connectivity index (χ1v) is 9.75. The zero-order valence-corrected chi connectivity index (χ0v) is 16.4. The summed E-state index contributed by atoms with van der Waals surface area (Å²) >= 11 is 0. The minimum Gasteiger partial charge on any atom is -0.497 e. The van der Waals surface area contributed by atoms with Crippen molar-refractivity contribution in [3.8, 4) is 11.6 Å². The minimum absolute atomic E-state index is 0.232. The Kier molecular flexibility index (Phi) is 5.69. The molecule has 3 heterocycles. The molecule has 0 radical (unpaired) electrons. The van der Waals surface area contributed by atoms with Crippen LogP contribution >= 0.6 is 0 Å². The lowest BCUT2D eigenvalue weighted by Gasteiger charge is -2.27. The monoisotopic (exact) mass is 392 g/mol. The van der Waals surface area contributed by atoms with Crippen LogP contribution in [-0.4, -0.2) is 45.6 Å². The van der Waals surface area contributed by atoms with Gasteiger partial charge in [0.1, 0.15) is 35.7 Å². The van der Waals surface area contributed by atoms with Crippen LogP contribution in [0.5, 0.6) is 5.75 Å². The van der Waals surface area contributed by atoms with Gasteiger partial charge in [-0.15, -0.1) is 0 Å². The Labute approximate surface area is 169 Å². The van der Waals surface area contributed by atoms with Gasteiger partial charge in [0.25, 0.3) is 5.91 Å². The van der Waals surface area contributed by atoms with E-state index in [9.17, 15) is 4.79 Å². The molecule has 0 saturated carbocycles. The molecule has 0 aliphatic carbocycles. The van der Waals surface area contributed by atoms with E-state index in [1.54, 1.807) is 30.5 Å². The third-order valence-electron chi connectivity index (χ3n) is 5.01. The van der Waals surface area contributed by atoms with E-state index < -0.39 is 0 Å². The highest BCUT2D eigenvalue weighted by molar-refractivity contribution is 5.92. The predicted octanol–water partition coefficient (Wildman–Crippen LogP) is 2.59. The Morgan fingerprint density at radius 1 is 1.07 bits per heavy atom. The van der Waals surface area contributed by atoms with Crippen LogP contribution in [0.1, 0.15) is 35.3 Å². The molecule has 150 valence electrons. The average Bonchev–Trinajstić information content (AvgIpc) is 3.29. The van der Waals surface area contributed by atoms with Crippen LogP contribution < -0.4 is 15.0 Å². The van der Waals surface area contributed by atoms with Crippen molar-refractivity contribution in [2.24, 2.45) is 0 Å². The summed E-state index contributed by atoms with van der Waals surface area (Å²) in [6.45, 7) is 2.45. The molecular formula is C21H24N6O2. The quantitative estimate of drug-likeness (QED) is 0.694. The second-order valence-electron chi connectivity index (χ2n) is 6.98. The maximum absolute atomic E-state index is 12.4. The van der Waals surface area contributed by atoms with Gasteiger partial charge in [-0.1, -0.05) is 12.1 Å². The van der Waals surface area contributed by atoms with Crippen LogP contribution in [0.4, 0.5) is 5.82 Å². The lowest BCUT2D eigenvalue weighted by atomic mass is 10.1. The zero-order chi connectivity index (χ0) is 20.1. The fourth-order valence-corrected chi connectivity index (χ4v) is 3.36. The number of hydrogen-bond donors (Lipinski definition) is 1. The predicted molar refractivity (Wildman–Crippen MR) is 109 cm³/mol. The normalized spacial score (nSPS) is 13.9. The van der Waals surface area contributed by atoms with E-state index in [2.05, 4.69) is 25.2 Å². The number of methoxy groups -OCH3 is 1. The maximum atomic E-state index is 12.4. The van der Waals surface area contributed by atoms with Crippen molar-refractivity contribution < 1.29 is 9.53 Å². The first-order valence-electron chi connectivity index (χ1n) is 9.75. The zero-order valence-electron chi connectivity index (χ0n) is 16.4. The van der Waals surface area contributed by atoms with Crippen molar-refractivity contribution in [1.82, 2.24) is 24.8 Å². The van der Waals surface area contributed by atoms with Gasteiger partial charge in [0.2, 0.25) is 0 Å². The lowest BCUT2D eigenvalue weighted by Crippen LogP contribution is -2.30. The largest absolute Gasteiger partial charge is 0.497 e. The van der Waals surface area contributed by atoms with Gasteiger partial charge in [-0.3, -0.25) is 9.36 Å². The maximum Gasteiger partial charge on any atom is 0.271 e. The number of aromatic nitrogens is 4. The van der Waals surface area contributed by atoms with Gasteiger partial charge in [-0.05, 0) is 37.0 Å². The van der Waals surface area contributed by atoms with Gasteiger partial charge in [0, 0.05) is 31.9 Å².